The van der Waals surface area contributed by atoms with E-state index in [0.717, 1.165) is 0 Å². The molecule has 0 fully saturated rings. The zero-order chi connectivity index (χ0) is 8.91. The number of hydrogen-bond acceptors (Lipinski definition) is 3. The molecule has 0 saturated carbocycles. The summed E-state index contributed by atoms with van der Waals surface area (Å²) in [6, 6.07) is 0. The number of aliphatic hydroxyl groups excluding tert-OH is 1. The van der Waals surface area contributed by atoms with E-state index in [-0.39, 0.29) is 5.75 Å². The van der Waals surface area contributed by atoms with Crippen LogP contribution in [0.3, 0.4) is 0 Å². The molecule has 1 atom stereocenters. The molecule has 0 heterocycles. The van der Waals surface area contributed by atoms with Crippen LogP contribution in [-0.2, 0) is 10.1 Å². The summed E-state index contributed by atoms with van der Waals surface area (Å²) in [5, 5.41) is 8.98. The second kappa shape index (κ2) is 4.69. The molecule has 0 aliphatic heterocycles. The van der Waals surface area contributed by atoms with Gasteiger partial charge in [0, 0.05) is 0 Å². The molecule has 68 valence electrons. The normalized spacial score (nSPS) is 14.8. The van der Waals surface area contributed by atoms with Crippen molar-refractivity contribution in [2.24, 2.45) is 0 Å². The molecule has 5 heteroatoms. The van der Waals surface area contributed by atoms with E-state index in [2.05, 4.69) is 0 Å². The third-order valence-corrected chi connectivity index (χ3v) is 2.22. The van der Waals surface area contributed by atoms with Gasteiger partial charge in [0.15, 0.2) is 0 Å². The lowest BCUT2D eigenvalue weighted by molar-refractivity contribution is 0.159. The van der Waals surface area contributed by atoms with Gasteiger partial charge in [-0.05, 0) is 19.3 Å². The SMILES string of the molecule is CCC(O)CCCS(=O)(=O)O. The van der Waals surface area contributed by atoms with Crippen molar-refractivity contribution >= 4 is 10.1 Å². The van der Waals surface area contributed by atoms with E-state index in [4.69, 9.17) is 9.66 Å². The number of rotatable bonds is 5. The van der Waals surface area contributed by atoms with Gasteiger partial charge in [-0.2, -0.15) is 8.42 Å². The monoisotopic (exact) mass is 182 g/mol. The van der Waals surface area contributed by atoms with Crippen LogP contribution in [0.1, 0.15) is 26.2 Å². The van der Waals surface area contributed by atoms with E-state index in [1.165, 1.54) is 0 Å². The van der Waals surface area contributed by atoms with Crippen LogP contribution in [-0.4, -0.2) is 29.9 Å². The smallest absolute Gasteiger partial charge is 0.264 e. The van der Waals surface area contributed by atoms with Gasteiger partial charge in [-0.25, -0.2) is 0 Å². The zero-order valence-corrected chi connectivity index (χ0v) is 7.34. The van der Waals surface area contributed by atoms with Crippen molar-refractivity contribution in [1.29, 1.82) is 0 Å². The maximum Gasteiger partial charge on any atom is 0.264 e. The van der Waals surface area contributed by atoms with Crippen molar-refractivity contribution < 1.29 is 18.1 Å². The first kappa shape index (κ1) is 10.9. The van der Waals surface area contributed by atoms with E-state index >= 15 is 0 Å². The highest BCUT2D eigenvalue weighted by molar-refractivity contribution is 7.85. The molecule has 0 saturated heterocycles. The van der Waals surface area contributed by atoms with E-state index in [0.29, 0.717) is 19.3 Å². The summed E-state index contributed by atoms with van der Waals surface area (Å²) in [7, 11) is -3.84. The second-order valence-corrected chi connectivity index (χ2v) is 4.06. The molecule has 2 N–H and O–H groups in total. The minimum absolute atomic E-state index is 0.260. The van der Waals surface area contributed by atoms with Crippen LogP contribution in [0.25, 0.3) is 0 Å². The Labute approximate surface area is 67.0 Å². The summed E-state index contributed by atoms with van der Waals surface area (Å²) in [5.74, 6) is -0.260. The van der Waals surface area contributed by atoms with Crippen molar-refractivity contribution in [2.45, 2.75) is 32.3 Å². The van der Waals surface area contributed by atoms with Crippen LogP contribution >= 0.6 is 0 Å². The molecule has 0 amide bonds. The summed E-state index contributed by atoms with van der Waals surface area (Å²) in [4.78, 5) is 0. The van der Waals surface area contributed by atoms with Crippen LogP contribution < -0.4 is 0 Å². The van der Waals surface area contributed by atoms with Gasteiger partial charge in [0.1, 0.15) is 0 Å². The molecule has 0 aromatic heterocycles. The standard InChI is InChI=1S/C6H14O4S/c1-2-6(7)4-3-5-11(8,9)10/h6-7H,2-5H2,1H3,(H,8,9,10). The van der Waals surface area contributed by atoms with Crippen molar-refractivity contribution in [1.82, 2.24) is 0 Å². The fraction of sp³-hybridized carbons (Fsp3) is 1.00. The van der Waals surface area contributed by atoms with Gasteiger partial charge in [0.2, 0.25) is 0 Å². The van der Waals surface area contributed by atoms with Gasteiger partial charge < -0.3 is 5.11 Å². The molecule has 0 rings (SSSR count). The van der Waals surface area contributed by atoms with Crippen molar-refractivity contribution in [2.75, 3.05) is 5.75 Å². The first-order valence-electron chi connectivity index (χ1n) is 3.59. The van der Waals surface area contributed by atoms with Crippen LogP contribution in [0, 0.1) is 0 Å². The molecule has 0 spiro atoms. The average molecular weight is 182 g/mol. The van der Waals surface area contributed by atoms with Gasteiger partial charge in [-0.15, -0.1) is 0 Å². The summed E-state index contributed by atoms with van der Waals surface area (Å²) in [6.07, 6.45) is 0.909. The molecule has 0 radical (unpaired) electrons. The summed E-state index contributed by atoms with van der Waals surface area (Å²) < 4.78 is 28.6. The molecule has 0 bridgehead atoms. The summed E-state index contributed by atoms with van der Waals surface area (Å²) in [5.41, 5.74) is 0. The summed E-state index contributed by atoms with van der Waals surface area (Å²) in [6.45, 7) is 1.82. The van der Waals surface area contributed by atoms with Crippen LogP contribution in [0.2, 0.25) is 0 Å². The highest BCUT2D eigenvalue weighted by Crippen LogP contribution is 2.02. The van der Waals surface area contributed by atoms with Crippen molar-refractivity contribution in [3.63, 3.8) is 0 Å². The second-order valence-electron chi connectivity index (χ2n) is 2.49. The van der Waals surface area contributed by atoms with E-state index in [9.17, 15) is 8.42 Å². The highest BCUT2D eigenvalue weighted by Gasteiger charge is 2.06. The average Bonchev–Trinajstić information content (AvgIpc) is 1.85. The minimum atomic E-state index is -3.84. The van der Waals surface area contributed by atoms with Gasteiger partial charge in [-0.1, -0.05) is 6.92 Å². The summed E-state index contributed by atoms with van der Waals surface area (Å²) >= 11 is 0. The third-order valence-electron chi connectivity index (χ3n) is 1.41. The zero-order valence-electron chi connectivity index (χ0n) is 6.52. The Morgan fingerprint density at radius 3 is 2.36 bits per heavy atom. The molecule has 1 unspecified atom stereocenters. The number of aliphatic hydroxyl groups is 1. The lowest BCUT2D eigenvalue weighted by Crippen LogP contribution is -2.09. The van der Waals surface area contributed by atoms with Crippen molar-refractivity contribution in [3.8, 4) is 0 Å². The predicted octanol–water partition coefficient (Wildman–Crippen LogP) is 0.425. The lowest BCUT2D eigenvalue weighted by Gasteiger charge is -2.04. The van der Waals surface area contributed by atoms with Gasteiger partial charge in [0.25, 0.3) is 10.1 Å². The van der Waals surface area contributed by atoms with E-state index in [1.807, 2.05) is 6.92 Å². The topological polar surface area (TPSA) is 74.6 Å². The molecule has 0 aromatic carbocycles. The quantitative estimate of drug-likeness (QED) is 0.604. The molecule has 11 heavy (non-hydrogen) atoms. The fourth-order valence-corrected chi connectivity index (χ4v) is 1.24. The van der Waals surface area contributed by atoms with Crippen LogP contribution in [0.4, 0.5) is 0 Å². The van der Waals surface area contributed by atoms with Crippen molar-refractivity contribution in [3.05, 3.63) is 0 Å². The Kier molecular flexibility index (Phi) is 4.63. The first-order valence-corrected chi connectivity index (χ1v) is 5.20. The molecule has 4 nitrogen and oxygen atoms in total. The van der Waals surface area contributed by atoms with Gasteiger partial charge in [-0.3, -0.25) is 4.55 Å². The maximum absolute atomic E-state index is 10.2. The Hall–Kier alpha value is -0.130. The molecular weight excluding hydrogens is 168 g/mol. The predicted molar refractivity (Wildman–Crippen MR) is 41.9 cm³/mol. The minimum Gasteiger partial charge on any atom is -0.393 e. The molecule has 0 aliphatic rings. The molecule has 0 aromatic rings. The maximum atomic E-state index is 10.2. The Morgan fingerprint density at radius 2 is 2.00 bits per heavy atom. The lowest BCUT2D eigenvalue weighted by atomic mass is 10.2. The Balaban J connectivity index is 3.43. The van der Waals surface area contributed by atoms with Crippen LogP contribution in [0.15, 0.2) is 0 Å². The van der Waals surface area contributed by atoms with Gasteiger partial charge in [0.05, 0.1) is 11.9 Å². The molecular formula is C6H14O4S. The molecule has 0 aliphatic carbocycles. The highest BCUT2D eigenvalue weighted by atomic mass is 32.2. The third kappa shape index (κ3) is 7.77. The first-order chi connectivity index (χ1) is 4.95. The Bertz CT molecular complexity index is 185. The number of hydrogen-bond donors (Lipinski definition) is 2. The largest absolute Gasteiger partial charge is 0.393 e. The van der Waals surface area contributed by atoms with Crippen LogP contribution in [0.5, 0.6) is 0 Å². The Morgan fingerprint density at radius 1 is 1.45 bits per heavy atom. The van der Waals surface area contributed by atoms with Gasteiger partial charge >= 0.3 is 0 Å². The van der Waals surface area contributed by atoms with E-state index in [1.54, 1.807) is 0 Å². The fourth-order valence-electron chi connectivity index (χ4n) is 0.705. The van der Waals surface area contributed by atoms with E-state index < -0.39 is 16.2 Å².